The molecule has 7 heteroatoms. The molecule has 0 saturated heterocycles. The zero-order valence-corrected chi connectivity index (χ0v) is 12.6. The first-order chi connectivity index (χ1) is 11.4. The van der Waals surface area contributed by atoms with Crippen molar-refractivity contribution in [2.45, 2.75) is 24.7 Å². The molecule has 1 aliphatic rings. The van der Waals surface area contributed by atoms with Crippen molar-refractivity contribution in [3.8, 4) is 5.75 Å². The zero-order chi connectivity index (χ0) is 17.2. The topological polar surface area (TPSA) is 59.6 Å². The Balaban J connectivity index is 1.68. The molecule has 2 unspecified atom stereocenters. The number of guanidine groups is 1. The number of benzene rings is 2. The van der Waals surface area contributed by atoms with Gasteiger partial charge in [-0.1, -0.05) is 36.4 Å². The lowest BCUT2D eigenvalue weighted by atomic mass is 10.1. The molecule has 1 saturated carbocycles. The van der Waals surface area contributed by atoms with E-state index in [-0.39, 0.29) is 23.7 Å². The van der Waals surface area contributed by atoms with Crippen molar-refractivity contribution in [3.05, 3.63) is 60.2 Å². The normalized spacial score (nSPS) is 20.5. The third kappa shape index (κ3) is 4.18. The molecule has 0 amide bonds. The number of rotatable bonds is 4. The van der Waals surface area contributed by atoms with Crippen LogP contribution in [0.4, 0.5) is 18.9 Å². The third-order valence-electron chi connectivity index (χ3n) is 3.65. The van der Waals surface area contributed by atoms with Gasteiger partial charge in [0.2, 0.25) is 0 Å². The average molecular weight is 335 g/mol. The number of nitrogens with two attached hydrogens (primary N) is 1. The number of ether oxygens (including phenoxy) is 1. The Labute approximate surface area is 137 Å². The quantitative estimate of drug-likeness (QED) is 0.659. The van der Waals surface area contributed by atoms with Crippen LogP contribution < -0.4 is 15.8 Å². The van der Waals surface area contributed by atoms with E-state index >= 15 is 0 Å². The fraction of sp³-hybridized carbons (Fsp3) is 0.235. The Hall–Kier alpha value is -2.70. The number of nitrogens with one attached hydrogen (secondary N) is 1. The van der Waals surface area contributed by atoms with Gasteiger partial charge in [0.05, 0.1) is 6.04 Å². The van der Waals surface area contributed by atoms with E-state index in [1.165, 1.54) is 12.1 Å². The molecule has 2 aromatic carbocycles. The molecule has 0 heterocycles. The zero-order valence-electron chi connectivity index (χ0n) is 12.6. The summed E-state index contributed by atoms with van der Waals surface area (Å²) < 4.78 is 41.5. The van der Waals surface area contributed by atoms with Gasteiger partial charge >= 0.3 is 6.36 Å². The largest absolute Gasteiger partial charge is 0.573 e. The Kier molecular flexibility index (Phi) is 4.33. The minimum absolute atomic E-state index is 0.125. The van der Waals surface area contributed by atoms with Crippen LogP contribution in [0.3, 0.4) is 0 Å². The van der Waals surface area contributed by atoms with Crippen molar-refractivity contribution in [2.75, 3.05) is 5.32 Å². The maximum absolute atomic E-state index is 12.5. The van der Waals surface area contributed by atoms with Crippen LogP contribution in [-0.4, -0.2) is 18.4 Å². The van der Waals surface area contributed by atoms with Crippen molar-refractivity contribution in [3.63, 3.8) is 0 Å². The third-order valence-corrected chi connectivity index (χ3v) is 3.65. The van der Waals surface area contributed by atoms with Gasteiger partial charge in [0, 0.05) is 11.6 Å². The Morgan fingerprint density at radius 2 is 1.75 bits per heavy atom. The van der Waals surface area contributed by atoms with Gasteiger partial charge in [-0.05, 0) is 30.2 Å². The molecule has 3 N–H and O–H groups in total. The molecule has 4 nitrogen and oxygen atoms in total. The van der Waals surface area contributed by atoms with Crippen LogP contribution in [0.15, 0.2) is 59.6 Å². The van der Waals surface area contributed by atoms with Gasteiger partial charge in [-0.2, -0.15) is 0 Å². The van der Waals surface area contributed by atoms with Crippen molar-refractivity contribution >= 4 is 11.6 Å². The van der Waals surface area contributed by atoms with Crippen LogP contribution in [-0.2, 0) is 0 Å². The summed E-state index contributed by atoms with van der Waals surface area (Å²) in [6.07, 6.45) is -4.08. The first-order valence-electron chi connectivity index (χ1n) is 7.42. The number of halogens is 3. The van der Waals surface area contributed by atoms with Crippen molar-refractivity contribution in [1.29, 1.82) is 0 Å². The number of alkyl halides is 3. The van der Waals surface area contributed by atoms with E-state index in [9.17, 15) is 13.2 Å². The summed E-state index contributed by atoms with van der Waals surface area (Å²) in [6, 6.07) is 15.3. The summed E-state index contributed by atoms with van der Waals surface area (Å²) in [7, 11) is 0. The van der Waals surface area contributed by atoms with E-state index in [2.05, 4.69) is 15.0 Å². The summed E-state index contributed by atoms with van der Waals surface area (Å²) in [6.45, 7) is 0. The lowest BCUT2D eigenvalue weighted by molar-refractivity contribution is -0.274. The van der Waals surface area contributed by atoms with Crippen LogP contribution in [0, 0.1) is 0 Å². The predicted molar refractivity (Wildman–Crippen MR) is 86.0 cm³/mol. The summed E-state index contributed by atoms with van der Waals surface area (Å²) in [4.78, 5) is 4.33. The highest BCUT2D eigenvalue weighted by atomic mass is 19.4. The maximum Gasteiger partial charge on any atom is 0.573 e. The Morgan fingerprint density at radius 3 is 2.46 bits per heavy atom. The fourth-order valence-corrected chi connectivity index (χ4v) is 2.54. The molecular weight excluding hydrogens is 319 g/mol. The highest BCUT2D eigenvalue weighted by Crippen LogP contribution is 2.47. The summed E-state index contributed by atoms with van der Waals surface area (Å²) in [5, 5.41) is 2.95. The van der Waals surface area contributed by atoms with Crippen LogP contribution in [0.2, 0.25) is 0 Å². The van der Waals surface area contributed by atoms with E-state index in [4.69, 9.17) is 5.73 Å². The molecule has 126 valence electrons. The first-order valence-corrected chi connectivity index (χ1v) is 7.42. The highest BCUT2D eigenvalue weighted by Gasteiger charge is 2.42. The van der Waals surface area contributed by atoms with Crippen molar-refractivity contribution < 1.29 is 17.9 Å². The minimum atomic E-state index is -4.71. The molecule has 0 aromatic heterocycles. The molecular formula is C17H16F3N3O. The number of hydrogen-bond acceptors (Lipinski definition) is 2. The number of aliphatic imine (C=N–C) groups is 1. The Bertz CT molecular complexity index is 731. The molecule has 1 fully saturated rings. The van der Waals surface area contributed by atoms with Gasteiger partial charge in [0.25, 0.3) is 0 Å². The monoisotopic (exact) mass is 335 g/mol. The van der Waals surface area contributed by atoms with E-state index in [0.717, 1.165) is 5.69 Å². The van der Waals surface area contributed by atoms with Gasteiger partial charge in [-0.15, -0.1) is 13.2 Å². The van der Waals surface area contributed by atoms with Gasteiger partial charge in [-0.25, -0.2) is 4.99 Å². The SMILES string of the molecule is NC(=NC1CC1c1ccccc1OC(F)(F)F)Nc1ccccc1. The van der Waals surface area contributed by atoms with E-state index in [1.807, 2.05) is 30.3 Å². The predicted octanol–water partition coefficient (Wildman–Crippen LogP) is 3.87. The molecule has 2 aromatic rings. The maximum atomic E-state index is 12.5. The van der Waals surface area contributed by atoms with Gasteiger partial charge in [0.1, 0.15) is 5.75 Å². The highest BCUT2D eigenvalue weighted by molar-refractivity contribution is 5.92. The van der Waals surface area contributed by atoms with Crippen molar-refractivity contribution in [2.24, 2.45) is 10.7 Å². The molecule has 0 spiro atoms. The average Bonchev–Trinajstić information content (AvgIpc) is 3.26. The van der Waals surface area contributed by atoms with Gasteiger partial charge < -0.3 is 15.8 Å². The summed E-state index contributed by atoms with van der Waals surface area (Å²) >= 11 is 0. The second-order valence-electron chi connectivity index (χ2n) is 5.50. The summed E-state index contributed by atoms with van der Waals surface area (Å²) in [5.41, 5.74) is 7.15. The fourth-order valence-electron chi connectivity index (χ4n) is 2.54. The minimum Gasteiger partial charge on any atom is -0.405 e. The van der Waals surface area contributed by atoms with E-state index in [0.29, 0.717) is 12.0 Å². The molecule has 0 aliphatic heterocycles. The molecule has 0 bridgehead atoms. The number of anilines is 1. The molecule has 1 aliphatic carbocycles. The molecule has 0 radical (unpaired) electrons. The van der Waals surface area contributed by atoms with Gasteiger partial charge in [0.15, 0.2) is 5.96 Å². The van der Waals surface area contributed by atoms with Crippen molar-refractivity contribution in [1.82, 2.24) is 0 Å². The lowest BCUT2D eigenvalue weighted by Crippen LogP contribution is -2.23. The van der Waals surface area contributed by atoms with E-state index in [1.54, 1.807) is 12.1 Å². The second-order valence-corrected chi connectivity index (χ2v) is 5.50. The standard InChI is InChI=1S/C17H16F3N3O/c18-17(19,20)24-15-9-5-4-8-12(15)13-10-14(13)23-16(21)22-11-6-2-1-3-7-11/h1-9,13-14H,10H2,(H3,21,22,23). The lowest BCUT2D eigenvalue weighted by Gasteiger charge is -2.12. The van der Waals surface area contributed by atoms with Crippen LogP contribution >= 0.6 is 0 Å². The molecule has 24 heavy (non-hydrogen) atoms. The number of hydrogen-bond donors (Lipinski definition) is 2. The van der Waals surface area contributed by atoms with Crippen LogP contribution in [0.25, 0.3) is 0 Å². The van der Waals surface area contributed by atoms with Crippen LogP contribution in [0.1, 0.15) is 17.9 Å². The smallest absolute Gasteiger partial charge is 0.405 e. The summed E-state index contributed by atoms with van der Waals surface area (Å²) in [5.74, 6) is -0.0649. The molecule has 2 atom stereocenters. The number of para-hydroxylation sites is 2. The Morgan fingerprint density at radius 1 is 1.08 bits per heavy atom. The first kappa shape index (κ1) is 16.2. The second kappa shape index (κ2) is 6.43. The molecule has 3 rings (SSSR count). The van der Waals surface area contributed by atoms with Crippen LogP contribution in [0.5, 0.6) is 5.75 Å². The van der Waals surface area contributed by atoms with Gasteiger partial charge in [-0.3, -0.25) is 0 Å². The number of nitrogens with zero attached hydrogens (tertiary/aromatic N) is 1. The van der Waals surface area contributed by atoms with E-state index < -0.39 is 6.36 Å².